The molecule has 2 aromatic carbocycles. The lowest BCUT2D eigenvalue weighted by molar-refractivity contribution is -0.144. The van der Waals surface area contributed by atoms with Gasteiger partial charge in [0, 0.05) is 18.7 Å². The lowest BCUT2D eigenvalue weighted by Crippen LogP contribution is -2.33. The lowest BCUT2D eigenvalue weighted by atomic mass is 10.1. The van der Waals surface area contributed by atoms with Crippen molar-refractivity contribution in [1.82, 2.24) is 14.7 Å². The second-order valence-electron chi connectivity index (χ2n) is 8.60. The van der Waals surface area contributed by atoms with Gasteiger partial charge in [0.2, 0.25) is 0 Å². The summed E-state index contributed by atoms with van der Waals surface area (Å²) in [5.74, 6) is -0.825. The highest BCUT2D eigenvalue weighted by Crippen LogP contribution is 2.08. The molecule has 3 rings (SSSR count). The molecular formula is C29H35N3O6. The number of amides is 1. The van der Waals surface area contributed by atoms with Crippen LogP contribution in [0.1, 0.15) is 46.6 Å². The second-order valence-corrected chi connectivity index (χ2v) is 8.60. The van der Waals surface area contributed by atoms with E-state index in [1.165, 1.54) is 15.6 Å². The normalized spacial score (nSPS) is 10.1. The van der Waals surface area contributed by atoms with Crippen molar-refractivity contribution in [3.8, 4) is 0 Å². The molecule has 202 valence electrons. The summed E-state index contributed by atoms with van der Waals surface area (Å²) in [6.45, 7) is 8.37. The minimum atomic E-state index is -0.393. The molecule has 0 atom stereocenters. The maximum atomic E-state index is 11.9. The first-order valence-corrected chi connectivity index (χ1v) is 12.4. The van der Waals surface area contributed by atoms with Crippen LogP contribution in [0.4, 0.5) is 0 Å². The van der Waals surface area contributed by atoms with Crippen LogP contribution in [-0.4, -0.2) is 59.3 Å². The van der Waals surface area contributed by atoms with E-state index in [4.69, 9.17) is 9.47 Å². The van der Waals surface area contributed by atoms with Gasteiger partial charge in [0.05, 0.1) is 31.9 Å². The molecule has 9 heteroatoms. The molecule has 0 N–H and O–H groups in total. The van der Waals surface area contributed by atoms with Crippen molar-refractivity contribution in [2.75, 3.05) is 26.8 Å². The molecule has 0 saturated heterocycles. The Morgan fingerprint density at radius 3 is 2.16 bits per heavy atom. The second kappa shape index (κ2) is 15.1. The molecular weight excluding hydrogens is 486 g/mol. The highest BCUT2D eigenvalue weighted by molar-refractivity contribution is 5.95. The predicted molar refractivity (Wildman–Crippen MR) is 144 cm³/mol. The van der Waals surface area contributed by atoms with Gasteiger partial charge in [-0.15, -0.1) is 0 Å². The van der Waals surface area contributed by atoms with Crippen molar-refractivity contribution < 1.29 is 23.9 Å². The average molecular weight is 522 g/mol. The van der Waals surface area contributed by atoms with Crippen LogP contribution in [0.2, 0.25) is 0 Å². The molecule has 0 bridgehead atoms. The quantitative estimate of drug-likeness (QED) is 0.398. The number of aromatic nitrogens is 2. The van der Waals surface area contributed by atoms with Crippen molar-refractivity contribution in [2.45, 2.75) is 40.7 Å². The van der Waals surface area contributed by atoms with E-state index in [0.29, 0.717) is 25.3 Å². The SMILES string of the molecule is CCOC(=O)CN(C)C(=O)c1ccc(C)cc1.CCOC(=O)Cc1cccc(Cn2nc(C)ccc2=O)c1. The number of carbonyl (C=O) groups is 3. The Bertz CT molecular complexity index is 1280. The standard InChI is InChI=1S/C16H18N2O3.C13H17NO3/c1-3-21-16(20)10-13-5-4-6-14(9-13)11-18-15(19)8-7-12(2)17-18;1-4-17-12(15)9-14(3)13(16)11-7-5-10(2)6-8-11/h4-9H,3,10-11H2,1-2H3;5-8H,4,9H2,1-3H3. The molecule has 3 aromatic rings. The minimum absolute atomic E-state index is 0.0272. The number of ether oxygens (including phenoxy) is 2. The Morgan fingerprint density at radius 1 is 0.868 bits per heavy atom. The molecule has 0 unspecified atom stereocenters. The summed E-state index contributed by atoms with van der Waals surface area (Å²) in [5.41, 5.74) is 4.11. The van der Waals surface area contributed by atoms with Gasteiger partial charge in [-0.05, 0) is 57.0 Å². The number of carbonyl (C=O) groups excluding carboxylic acids is 3. The van der Waals surface area contributed by atoms with Gasteiger partial charge >= 0.3 is 11.9 Å². The van der Waals surface area contributed by atoms with Crippen LogP contribution >= 0.6 is 0 Å². The molecule has 0 fully saturated rings. The Hall–Kier alpha value is -4.27. The van der Waals surface area contributed by atoms with E-state index in [-0.39, 0.29) is 30.4 Å². The highest BCUT2D eigenvalue weighted by atomic mass is 16.5. The molecule has 0 spiro atoms. The van der Waals surface area contributed by atoms with Gasteiger partial charge in [-0.1, -0.05) is 42.0 Å². The average Bonchev–Trinajstić information content (AvgIpc) is 2.87. The molecule has 1 amide bonds. The van der Waals surface area contributed by atoms with E-state index in [1.807, 2.05) is 50.2 Å². The molecule has 0 aliphatic carbocycles. The Balaban J connectivity index is 0.000000273. The molecule has 0 aliphatic rings. The maximum absolute atomic E-state index is 11.9. The third kappa shape index (κ3) is 10.0. The topological polar surface area (TPSA) is 108 Å². The van der Waals surface area contributed by atoms with E-state index in [1.54, 1.807) is 39.1 Å². The molecule has 0 aliphatic heterocycles. The van der Waals surface area contributed by atoms with Gasteiger partial charge in [-0.25, -0.2) is 4.68 Å². The van der Waals surface area contributed by atoms with Crippen molar-refractivity contribution in [3.05, 3.63) is 99.0 Å². The van der Waals surface area contributed by atoms with Crippen molar-refractivity contribution >= 4 is 17.8 Å². The minimum Gasteiger partial charge on any atom is -0.466 e. The van der Waals surface area contributed by atoms with Crippen LogP contribution in [0, 0.1) is 13.8 Å². The number of rotatable bonds is 9. The largest absolute Gasteiger partial charge is 0.466 e. The van der Waals surface area contributed by atoms with E-state index >= 15 is 0 Å². The Morgan fingerprint density at radius 2 is 1.50 bits per heavy atom. The Labute approximate surface area is 223 Å². The highest BCUT2D eigenvalue weighted by Gasteiger charge is 2.15. The van der Waals surface area contributed by atoms with Gasteiger partial charge in [-0.3, -0.25) is 19.2 Å². The van der Waals surface area contributed by atoms with Crippen LogP contribution in [0.15, 0.2) is 65.5 Å². The van der Waals surface area contributed by atoms with Crippen molar-refractivity contribution in [2.24, 2.45) is 0 Å². The molecule has 0 radical (unpaired) electrons. The fourth-order valence-electron chi connectivity index (χ4n) is 3.44. The number of hydrogen-bond acceptors (Lipinski definition) is 7. The fraction of sp³-hybridized carbons (Fsp3) is 0.345. The number of likely N-dealkylation sites (N-methyl/N-ethyl adjacent to an activating group) is 1. The molecule has 1 aromatic heterocycles. The van der Waals surface area contributed by atoms with E-state index in [0.717, 1.165) is 22.4 Å². The van der Waals surface area contributed by atoms with E-state index < -0.39 is 5.97 Å². The van der Waals surface area contributed by atoms with Crippen LogP contribution in [0.5, 0.6) is 0 Å². The van der Waals surface area contributed by atoms with Gasteiger partial charge in [0.1, 0.15) is 6.54 Å². The summed E-state index contributed by atoms with van der Waals surface area (Å²) in [7, 11) is 1.58. The molecule has 38 heavy (non-hydrogen) atoms. The first kappa shape index (κ1) is 30.0. The molecule has 1 heterocycles. The van der Waals surface area contributed by atoms with Crippen molar-refractivity contribution in [3.63, 3.8) is 0 Å². The smallest absolute Gasteiger partial charge is 0.325 e. The zero-order valence-corrected chi connectivity index (χ0v) is 22.6. The molecule has 9 nitrogen and oxygen atoms in total. The van der Waals surface area contributed by atoms with Crippen LogP contribution in [-0.2, 0) is 32.0 Å². The number of nitrogens with zero attached hydrogens (tertiary/aromatic N) is 3. The maximum Gasteiger partial charge on any atom is 0.325 e. The summed E-state index contributed by atoms with van der Waals surface area (Å²) < 4.78 is 11.1. The third-order valence-corrected chi connectivity index (χ3v) is 5.29. The number of benzene rings is 2. The number of esters is 2. The summed E-state index contributed by atoms with van der Waals surface area (Å²) in [6.07, 6.45) is 0.234. The lowest BCUT2D eigenvalue weighted by Gasteiger charge is -2.16. The Kier molecular flexibility index (Phi) is 11.9. The number of aryl methyl sites for hydroxylation is 2. The predicted octanol–water partition coefficient (Wildman–Crippen LogP) is 3.34. The zero-order valence-electron chi connectivity index (χ0n) is 22.6. The van der Waals surface area contributed by atoms with E-state index in [9.17, 15) is 19.2 Å². The van der Waals surface area contributed by atoms with Crippen LogP contribution < -0.4 is 5.56 Å². The van der Waals surface area contributed by atoms with Gasteiger partial charge in [0.25, 0.3) is 11.5 Å². The first-order valence-electron chi connectivity index (χ1n) is 12.4. The van der Waals surface area contributed by atoms with E-state index in [2.05, 4.69) is 5.10 Å². The van der Waals surface area contributed by atoms with Crippen LogP contribution in [0.3, 0.4) is 0 Å². The van der Waals surface area contributed by atoms with Gasteiger partial charge < -0.3 is 14.4 Å². The first-order chi connectivity index (χ1) is 18.1. The number of hydrogen-bond donors (Lipinski definition) is 0. The van der Waals surface area contributed by atoms with Crippen molar-refractivity contribution in [1.29, 1.82) is 0 Å². The zero-order chi connectivity index (χ0) is 28.1. The summed E-state index contributed by atoms with van der Waals surface area (Å²) in [5, 5.41) is 4.20. The summed E-state index contributed by atoms with van der Waals surface area (Å²) in [6, 6.07) is 18.0. The van der Waals surface area contributed by atoms with Gasteiger partial charge in [0.15, 0.2) is 0 Å². The monoisotopic (exact) mass is 521 g/mol. The van der Waals surface area contributed by atoms with Gasteiger partial charge in [-0.2, -0.15) is 5.10 Å². The summed E-state index contributed by atoms with van der Waals surface area (Å²) >= 11 is 0. The van der Waals surface area contributed by atoms with Crippen LogP contribution in [0.25, 0.3) is 0 Å². The molecule has 0 saturated carbocycles. The fourth-order valence-corrected chi connectivity index (χ4v) is 3.44. The third-order valence-electron chi connectivity index (χ3n) is 5.29. The summed E-state index contributed by atoms with van der Waals surface area (Å²) in [4.78, 5) is 47.7.